The molecule has 2 aromatic rings. The molecule has 1 N–H and O–H groups in total. The summed E-state index contributed by atoms with van der Waals surface area (Å²) in [6.45, 7) is 3.74. The van der Waals surface area contributed by atoms with E-state index in [1.165, 1.54) is 26.2 Å². The molecule has 0 aliphatic rings. The van der Waals surface area contributed by atoms with Crippen molar-refractivity contribution in [2.24, 2.45) is 0 Å². The molecule has 0 saturated carbocycles. The number of aryl methyl sites for hydroxylation is 2. The molecule has 122 valence electrons. The highest BCUT2D eigenvalue weighted by Crippen LogP contribution is 2.23. The zero-order valence-corrected chi connectivity index (χ0v) is 14.4. The lowest BCUT2D eigenvalue weighted by molar-refractivity contribution is 0.102. The van der Waals surface area contributed by atoms with Gasteiger partial charge in [-0.1, -0.05) is 28.5 Å². The molecule has 0 radical (unpaired) electrons. The average molecular weight is 332 g/mol. The predicted octanol–water partition coefficient (Wildman–Crippen LogP) is 3.02. The van der Waals surface area contributed by atoms with Crippen molar-refractivity contribution in [3.63, 3.8) is 0 Å². The van der Waals surface area contributed by atoms with Gasteiger partial charge in [-0.15, -0.1) is 4.31 Å². The van der Waals surface area contributed by atoms with E-state index in [0.29, 0.717) is 11.3 Å². The van der Waals surface area contributed by atoms with Crippen molar-refractivity contribution >= 4 is 22.0 Å². The van der Waals surface area contributed by atoms with Crippen molar-refractivity contribution < 1.29 is 13.6 Å². The first kappa shape index (κ1) is 17.3. The summed E-state index contributed by atoms with van der Waals surface area (Å²) in [4.78, 5) is 12.6. The molecule has 1 amide bonds. The first-order chi connectivity index (χ1) is 10.7. The normalized spacial score (nSPS) is 13.7. The van der Waals surface area contributed by atoms with Crippen LogP contribution >= 0.6 is 0 Å². The van der Waals surface area contributed by atoms with Gasteiger partial charge in [-0.25, -0.2) is 0 Å². The summed E-state index contributed by atoms with van der Waals surface area (Å²) in [7, 11) is -0.595. The van der Waals surface area contributed by atoms with Gasteiger partial charge in [-0.05, 0) is 37.1 Å². The van der Waals surface area contributed by atoms with E-state index in [1.807, 2.05) is 32.0 Å². The molecule has 23 heavy (non-hydrogen) atoms. The molecule has 0 aliphatic carbocycles. The minimum atomic E-state index is -3.53. The van der Waals surface area contributed by atoms with E-state index < -0.39 is 10.4 Å². The summed E-state index contributed by atoms with van der Waals surface area (Å²) < 4.78 is 25.5. The number of carbonyl (C=O) groups excluding carboxylic acids is 1. The maximum Gasteiger partial charge on any atom is 0.256 e. The number of hydrogen-bond donors (Lipinski definition) is 1. The maximum atomic E-state index is 12.5. The van der Waals surface area contributed by atoms with E-state index in [2.05, 4.69) is 5.32 Å². The summed E-state index contributed by atoms with van der Waals surface area (Å²) in [5.74, 6) is -0.250. The topological polar surface area (TPSA) is 72.5 Å². The first-order valence-corrected chi connectivity index (χ1v) is 8.57. The Morgan fingerprint density at radius 3 is 2.22 bits per heavy atom. The third kappa shape index (κ3) is 3.67. The largest absolute Gasteiger partial charge is 0.593 e. The van der Waals surface area contributed by atoms with Gasteiger partial charge < -0.3 is 9.87 Å². The Balaban J connectivity index is 2.31. The van der Waals surface area contributed by atoms with Crippen molar-refractivity contribution in [3.05, 3.63) is 59.2 Å². The molecule has 0 aromatic heterocycles. The van der Waals surface area contributed by atoms with Crippen LogP contribution in [0.3, 0.4) is 0 Å². The quantitative estimate of drug-likeness (QED) is 0.875. The van der Waals surface area contributed by atoms with Gasteiger partial charge in [0.05, 0.1) is 0 Å². The predicted molar refractivity (Wildman–Crippen MR) is 91.1 cm³/mol. The van der Waals surface area contributed by atoms with Crippen molar-refractivity contribution in [1.29, 1.82) is 0 Å². The number of hydrogen-bond acceptors (Lipinski definition) is 3. The monoisotopic (exact) mass is 332 g/mol. The highest BCUT2D eigenvalue weighted by atomic mass is 32.3. The molecule has 0 saturated heterocycles. The van der Waals surface area contributed by atoms with E-state index in [9.17, 15) is 13.6 Å². The van der Waals surface area contributed by atoms with Crippen LogP contribution in [0.1, 0.15) is 21.5 Å². The zero-order valence-electron chi connectivity index (χ0n) is 13.6. The third-order valence-electron chi connectivity index (χ3n) is 3.58. The van der Waals surface area contributed by atoms with Gasteiger partial charge in [-0.2, -0.15) is 0 Å². The fraction of sp³-hybridized carbons (Fsp3) is 0.235. The van der Waals surface area contributed by atoms with Crippen LogP contribution in [0, 0.1) is 13.8 Å². The number of benzene rings is 2. The molecule has 6 heteroatoms. The van der Waals surface area contributed by atoms with Gasteiger partial charge in [0.25, 0.3) is 5.91 Å². The van der Waals surface area contributed by atoms with Crippen LogP contribution in [0.15, 0.2) is 47.4 Å². The molecule has 1 unspecified atom stereocenters. The second-order valence-electron chi connectivity index (χ2n) is 5.54. The lowest BCUT2D eigenvalue weighted by atomic mass is 10.0. The molecule has 0 bridgehead atoms. The Kier molecular flexibility index (Phi) is 4.99. The van der Waals surface area contributed by atoms with Gasteiger partial charge in [0.1, 0.15) is 0 Å². The molecule has 0 heterocycles. The Morgan fingerprint density at radius 2 is 1.65 bits per heavy atom. The van der Waals surface area contributed by atoms with Crippen LogP contribution in [0.4, 0.5) is 5.69 Å². The number of amides is 1. The van der Waals surface area contributed by atoms with Crippen LogP contribution in [0.2, 0.25) is 0 Å². The second kappa shape index (κ2) is 6.62. The minimum absolute atomic E-state index is 0.141. The fourth-order valence-corrected chi connectivity index (χ4v) is 3.26. The van der Waals surface area contributed by atoms with Crippen LogP contribution < -0.4 is 5.32 Å². The van der Waals surface area contributed by atoms with Gasteiger partial charge >= 0.3 is 0 Å². The Labute approximate surface area is 137 Å². The molecule has 2 rings (SSSR count). The van der Waals surface area contributed by atoms with Crippen molar-refractivity contribution in [2.75, 3.05) is 19.4 Å². The van der Waals surface area contributed by atoms with E-state index >= 15 is 0 Å². The van der Waals surface area contributed by atoms with Crippen molar-refractivity contribution in [2.45, 2.75) is 18.7 Å². The number of rotatable bonds is 4. The second-order valence-corrected chi connectivity index (χ2v) is 7.69. The Bertz CT molecular complexity index is 767. The SMILES string of the molecule is Cc1cccc(C)c1C(=O)Nc1cccc([S+](=O)([O-])N(C)C)c1. The molecule has 0 fully saturated rings. The number of nitrogens with one attached hydrogen (secondary N) is 1. The van der Waals surface area contributed by atoms with Crippen LogP contribution in [0.25, 0.3) is 0 Å². The maximum absolute atomic E-state index is 12.5. The summed E-state index contributed by atoms with van der Waals surface area (Å²) >= 11 is 0. The molecule has 2 aromatic carbocycles. The van der Waals surface area contributed by atoms with E-state index in [0.717, 1.165) is 15.4 Å². The zero-order chi connectivity index (χ0) is 17.2. The minimum Gasteiger partial charge on any atom is -0.593 e. The van der Waals surface area contributed by atoms with Gasteiger partial charge in [0.15, 0.2) is 15.3 Å². The molecule has 5 nitrogen and oxygen atoms in total. The van der Waals surface area contributed by atoms with Crippen LogP contribution in [0.5, 0.6) is 0 Å². The summed E-state index contributed by atoms with van der Waals surface area (Å²) in [5, 5.41) is 2.77. The van der Waals surface area contributed by atoms with E-state index in [-0.39, 0.29) is 10.8 Å². The molecule has 0 spiro atoms. The standard InChI is InChI=1S/C17H20N2O3S/c1-12-7-5-8-13(2)16(12)17(20)18-14-9-6-10-15(11-14)23(21,22)19(3)4/h5-11H,1-4H3,(H-,18,20,21,22). The van der Waals surface area contributed by atoms with Gasteiger partial charge in [0.2, 0.25) is 0 Å². The highest BCUT2D eigenvalue weighted by molar-refractivity contribution is 7.95. The smallest absolute Gasteiger partial charge is 0.256 e. The molecular formula is C17H20N2O3S. The lowest BCUT2D eigenvalue weighted by Gasteiger charge is -2.20. The van der Waals surface area contributed by atoms with E-state index in [4.69, 9.17) is 0 Å². The van der Waals surface area contributed by atoms with Crippen molar-refractivity contribution in [3.8, 4) is 0 Å². The van der Waals surface area contributed by atoms with E-state index in [1.54, 1.807) is 12.1 Å². The fourth-order valence-electron chi connectivity index (χ4n) is 2.31. The molecular weight excluding hydrogens is 312 g/mol. The number of anilines is 1. The van der Waals surface area contributed by atoms with Gasteiger partial charge in [0, 0.05) is 31.4 Å². The lowest BCUT2D eigenvalue weighted by Crippen LogP contribution is -2.29. The summed E-state index contributed by atoms with van der Waals surface area (Å²) in [6.07, 6.45) is 0. The first-order valence-electron chi connectivity index (χ1n) is 7.13. The Hall–Kier alpha value is -2.02. The van der Waals surface area contributed by atoms with Crippen molar-refractivity contribution in [1.82, 2.24) is 4.31 Å². The number of sulfonamides is 1. The summed E-state index contributed by atoms with van der Waals surface area (Å²) in [5.41, 5.74) is 2.80. The summed E-state index contributed by atoms with van der Waals surface area (Å²) in [6, 6.07) is 11.9. The highest BCUT2D eigenvalue weighted by Gasteiger charge is 2.24. The number of carbonyl (C=O) groups is 1. The molecule has 0 aliphatic heterocycles. The third-order valence-corrected chi connectivity index (χ3v) is 5.39. The number of nitrogens with zero attached hydrogens (tertiary/aromatic N) is 1. The Morgan fingerprint density at radius 1 is 1.09 bits per heavy atom. The molecule has 1 atom stereocenters. The van der Waals surface area contributed by atoms with Gasteiger partial charge in [-0.3, -0.25) is 4.79 Å². The van der Waals surface area contributed by atoms with Crippen LogP contribution in [-0.4, -0.2) is 28.9 Å². The van der Waals surface area contributed by atoms with Crippen LogP contribution in [-0.2, 0) is 14.6 Å². The average Bonchev–Trinajstić information content (AvgIpc) is 2.47.